The molecule has 1 fully saturated rings. The quantitative estimate of drug-likeness (QED) is 0.433. The van der Waals surface area contributed by atoms with Crippen LogP contribution in [0.2, 0.25) is 0 Å². The first kappa shape index (κ1) is 25.4. The molecule has 1 aliphatic heterocycles. The number of ether oxygens (including phenoxy) is 2. The lowest BCUT2D eigenvalue weighted by Gasteiger charge is -2.32. The molecule has 0 aromatic heterocycles. The Kier molecular flexibility index (Phi) is 11.1. The Bertz CT molecular complexity index is 706. The van der Waals surface area contributed by atoms with E-state index >= 15 is 0 Å². The van der Waals surface area contributed by atoms with E-state index in [-0.39, 0.29) is 18.4 Å². The van der Waals surface area contributed by atoms with Gasteiger partial charge < -0.3 is 26.8 Å². The summed E-state index contributed by atoms with van der Waals surface area (Å²) < 4.78 is 12.2. The maximum absolute atomic E-state index is 13.5. The van der Waals surface area contributed by atoms with E-state index in [0.29, 0.717) is 13.2 Å². The molecule has 0 aliphatic carbocycles. The van der Waals surface area contributed by atoms with Gasteiger partial charge in [-0.15, -0.1) is 0 Å². The van der Waals surface area contributed by atoms with Gasteiger partial charge in [-0.1, -0.05) is 67.6 Å². The highest BCUT2D eigenvalue weighted by atomic mass is 35.5. The van der Waals surface area contributed by atoms with Crippen molar-refractivity contribution in [3.05, 3.63) is 71.8 Å². The molecule has 31 heavy (non-hydrogen) atoms. The lowest BCUT2D eigenvalue weighted by atomic mass is 9.86. The average Bonchev–Trinajstić information content (AvgIpc) is 3.07. The van der Waals surface area contributed by atoms with Gasteiger partial charge in [-0.05, 0) is 43.2 Å². The highest BCUT2D eigenvalue weighted by Crippen LogP contribution is 2.35. The van der Waals surface area contributed by atoms with Crippen LogP contribution >= 0.6 is 0 Å². The highest BCUT2D eigenvalue weighted by Gasteiger charge is 2.45. The topological polar surface area (TPSA) is 40.0 Å². The minimum Gasteiger partial charge on any atom is -1.00 e. The highest BCUT2D eigenvalue weighted by molar-refractivity contribution is 5.85. The Morgan fingerprint density at radius 2 is 1.42 bits per heavy atom. The maximum atomic E-state index is 13.5. The first-order valence-corrected chi connectivity index (χ1v) is 11.5. The molecule has 0 spiro atoms. The van der Waals surface area contributed by atoms with Crippen LogP contribution in [0.4, 0.5) is 0 Å². The van der Waals surface area contributed by atoms with Crippen LogP contribution < -0.4 is 17.3 Å². The van der Waals surface area contributed by atoms with E-state index in [0.717, 1.165) is 30.5 Å². The van der Waals surface area contributed by atoms with Crippen LogP contribution in [-0.2, 0) is 19.9 Å². The van der Waals surface area contributed by atoms with Crippen molar-refractivity contribution in [2.24, 2.45) is 0 Å². The second kappa shape index (κ2) is 13.5. The summed E-state index contributed by atoms with van der Waals surface area (Å²) >= 11 is 0. The monoisotopic (exact) mass is 445 g/mol. The van der Waals surface area contributed by atoms with Crippen LogP contribution in [0.15, 0.2) is 60.7 Å². The second-order valence-corrected chi connectivity index (χ2v) is 8.17. The van der Waals surface area contributed by atoms with E-state index in [2.05, 4.69) is 6.92 Å². The van der Waals surface area contributed by atoms with Crippen LogP contribution in [-0.4, -0.2) is 38.8 Å². The Labute approximate surface area is 193 Å². The number of likely N-dealkylation sites (tertiary alicyclic amines) is 1. The Morgan fingerprint density at radius 1 is 0.871 bits per heavy atom. The Hall–Kier alpha value is -1.88. The van der Waals surface area contributed by atoms with Gasteiger partial charge in [-0.25, -0.2) is 4.79 Å². The predicted octanol–water partition coefficient (Wildman–Crippen LogP) is 0.753. The minimum atomic E-state index is -1.23. The molecule has 1 N–H and O–H groups in total. The Balaban J connectivity index is 0.00000341. The number of carbonyl (C=O) groups is 1. The number of hydrogen-bond donors (Lipinski definition) is 1. The molecule has 170 valence electrons. The average molecular weight is 446 g/mol. The normalized spacial score (nSPS) is 15.0. The molecule has 5 heteroatoms. The first-order valence-electron chi connectivity index (χ1n) is 11.5. The summed E-state index contributed by atoms with van der Waals surface area (Å²) in [7, 11) is 0. The summed E-state index contributed by atoms with van der Waals surface area (Å²) in [6.45, 7) is 6.51. The number of rotatable bonds is 10. The molecular formula is C26H36ClNO3. The number of esters is 1. The van der Waals surface area contributed by atoms with E-state index in [1.165, 1.54) is 38.8 Å². The molecule has 0 saturated carbocycles. The third-order valence-corrected chi connectivity index (χ3v) is 5.89. The number of benzene rings is 2. The van der Waals surface area contributed by atoms with Crippen molar-refractivity contribution >= 4 is 5.97 Å². The zero-order valence-corrected chi connectivity index (χ0v) is 19.4. The predicted molar refractivity (Wildman–Crippen MR) is 120 cm³/mol. The summed E-state index contributed by atoms with van der Waals surface area (Å²) in [6, 6.07) is 19.5. The first-order chi connectivity index (χ1) is 14.8. The summed E-state index contributed by atoms with van der Waals surface area (Å²) in [5.41, 5.74) is 0.397. The largest absolute Gasteiger partial charge is 1.00 e. The van der Waals surface area contributed by atoms with Gasteiger partial charge in [-0.2, -0.15) is 0 Å². The van der Waals surface area contributed by atoms with E-state index in [4.69, 9.17) is 9.47 Å². The molecule has 4 nitrogen and oxygen atoms in total. The van der Waals surface area contributed by atoms with Gasteiger partial charge in [0.05, 0.1) is 26.2 Å². The van der Waals surface area contributed by atoms with Crippen molar-refractivity contribution in [2.75, 3.05) is 32.8 Å². The Morgan fingerprint density at radius 3 is 1.94 bits per heavy atom. The number of hydrogen-bond acceptors (Lipinski definition) is 3. The molecule has 0 atom stereocenters. The van der Waals surface area contributed by atoms with Gasteiger partial charge in [0, 0.05) is 13.0 Å². The summed E-state index contributed by atoms with van der Waals surface area (Å²) in [6.07, 6.45) is 7.03. The SMILES string of the molecule is CCCOC(C(=O)OCCC[NH+]1CCCCCC1)(c1ccccc1)c1ccccc1.[Cl-]. The molecule has 1 heterocycles. The van der Waals surface area contributed by atoms with Crippen molar-refractivity contribution < 1.29 is 31.6 Å². The molecular weight excluding hydrogens is 410 g/mol. The van der Waals surface area contributed by atoms with Crippen LogP contribution in [0.5, 0.6) is 0 Å². The molecule has 0 amide bonds. The fourth-order valence-corrected chi connectivity index (χ4v) is 4.30. The minimum absolute atomic E-state index is 0. The van der Waals surface area contributed by atoms with Crippen LogP contribution in [0.25, 0.3) is 0 Å². The van der Waals surface area contributed by atoms with Gasteiger partial charge in [-0.3, -0.25) is 0 Å². The van der Waals surface area contributed by atoms with Gasteiger partial charge in [0.1, 0.15) is 0 Å². The smallest absolute Gasteiger partial charge is 0.347 e. The standard InChI is InChI=1S/C26H35NO3.ClH/c1-2-21-30-26(23-14-7-5-8-15-23,24-16-9-6-10-17-24)25(28)29-22-13-20-27-18-11-3-4-12-19-27;/h5-10,14-17H,2-4,11-13,18-22H2,1H3;1H. The van der Waals surface area contributed by atoms with E-state index in [9.17, 15) is 4.79 Å². The van der Waals surface area contributed by atoms with E-state index in [1.807, 2.05) is 60.7 Å². The summed E-state index contributed by atoms with van der Waals surface area (Å²) in [5, 5.41) is 0. The van der Waals surface area contributed by atoms with Crippen LogP contribution in [0, 0.1) is 0 Å². The zero-order valence-electron chi connectivity index (χ0n) is 18.7. The number of quaternary nitrogens is 1. The molecule has 0 unspecified atom stereocenters. The van der Waals surface area contributed by atoms with Gasteiger partial charge in [0.25, 0.3) is 0 Å². The number of carbonyl (C=O) groups excluding carboxylic acids is 1. The number of nitrogens with one attached hydrogen (secondary N) is 1. The molecule has 3 rings (SSSR count). The fourth-order valence-electron chi connectivity index (χ4n) is 4.30. The van der Waals surface area contributed by atoms with Crippen LogP contribution in [0.3, 0.4) is 0 Å². The fraction of sp³-hybridized carbons (Fsp3) is 0.500. The molecule has 1 saturated heterocycles. The second-order valence-electron chi connectivity index (χ2n) is 8.17. The maximum Gasteiger partial charge on any atom is 0.347 e. The third-order valence-electron chi connectivity index (χ3n) is 5.89. The molecule has 0 bridgehead atoms. The lowest BCUT2D eigenvalue weighted by Crippen LogP contribution is -3.11. The van der Waals surface area contributed by atoms with E-state index in [1.54, 1.807) is 4.90 Å². The van der Waals surface area contributed by atoms with Crippen molar-refractivity contribution in [3.8, 4) is 0 Å². The van der Waals surface area contributed by atoms with Crippen molar-refractivity contribution in [1.29, 1.82) is 0 Å². The van der Waals surface area contributed by atoms with Gasteiger partial charge >= 0.3 is 5.97 Å². The lowest BCUT2D eigenvalue weighted by molar-refractivity contribution is -0.899. The molecule has 0 radical (unpaired) electrons. The molecule has 2 aromatic carbocycles. The zero-order chi connectivity index (χ0) is 21.1. The third kappa shape index (κ3) is 6.80. The van der Waals surface area contributed by atoms with Crippen LogP contribution in [0.1, 0.15) is 56.6 Å². The van der Waals surface area contributed by atoms with Crippen molar-refractivity contribution in [2.45, 2.75) is 51.0 Å². The molecule has 2 aromatic rings. The summed E-state index contributed by atoms with van der Waals surface area (Å²) in [5.74, 6) is -0.320. The molecule has 1 aliphatic rings. The van der Waals surface area contributed by atoms with Crippen molar-refractivity contribution in [1.82, 2.24) is 0 Å². The summed E-state index contributed by atoms with van der Waals surface area (Å²) in [4.78, 5) is 15.2. The van der Waals surface area contributed by atoms with Gasteiger partial charge in [0.15, 0.2) is 0 Å². The van der Waals surface area contributed by atoms with E-state index < -0.39 is 5.60 Å². The number of halogens is 1. The van der Waals surface area contributed by atoms with Gasteiger partial charge in [0.2, 0.25) is 5.60 Å². The van der Waals surface area contributed by atoms with Crippen molar-refractivity contribution in [3.63, 3.8) is 0 Å².